The Kier molecular flexibility index (Phi) is 9.74. The van der Waals surface area contributed by atoms with Gasteiger partial charge in [-0.1, -0.05) is 85.3 Å². The summed E-state index contributed by atoms with van der Waals surface area (Å²) in [4.78, 5) is 15.7. The second-order valence-electron chi connectivity index (χ2n) is 12.6. The highest BCUT2D eigenvalue weighted by molar-refractivity contribution is 6.00. The number of unbranched alkanes of at least 4 members (excludes halogenated alkanes) is 1. The number of amides is 1. The Bertz CT molecular complexity index is 1720. The molecular weight excluding hydrogens is 646 g/mol. The van der Waals surface area contributed by atoms with Crippen LogP contribution in [0.1, 0.15) is 48.8 Å². The van der Waals surface area contributed by atoms with Crippen molar-refractivity contribution in [2.75, 3.05) is 24.8 Å². The summed E-state index contributed by atoms with van der Waals surface area (Å²) in [7, 11) is 0. The van der Waals surface area contributed by atoms with E-state index in [2.05, 4.69) is 10.3 Å². The number of alkyl halides is 6. The van der Waals surface area contributed by atoms with Crippen LogP contribution in [-0.2, 0) is 16.4 Å². The second kappa shape index (κ2) is 13.9. The smallest absolute Gasteiger partial charge is 0.303 e. The number of hydrogen-bond donors (Lipinski definition) is 3. The Balaban J connectivity index is 1.05. The van der Waals surface area contributed by atoms with Crippen LogP contribution in [0.2, 0.25) is 0 Å². The van der Waals surface area contributed by atoms with Gasteiger partial charge in [-0.25, -0.2) is 5.43 Å². The fourth-order valence-corrected chi connectivity index (χ4v) is 7.18. The molecule has 12 heteroatoms. The minimum atomic E-state index is -4.86. The van der Waals surface area contributed by atoms with E-state index < -0.39 is 29.4 Å². The van der Waals surface area contributed by atoms with Gasteiger partial charge >= 0.3 is 12.5 Å². The lowest BCUT2D eigenvalue weighted by Crippen LogP contribution is -2.50. The third-order valence-electron chi connectivity index (χ3n) is 9.53. The molecular formula is C37H36F6N4O2. The summed E-state index contributed by atoms with van der Waals surface area (Å²) in [6, 6.07) is 25.9. The Labute approximate surface area is 280 Å². The molecule has 49 heavy (non-hydrogen) atoms. The van der Waals surface area contributed by atoms with Crippen LogP contribution in [0, 0.1) is 0 Å². The normalized spacial score (nSPS) is 16.2. The molecule has 1 aliphatic heterocycles. The molecule has 0 spiro atoms. The third-order valence-corrected chi connectivity index (χ3v) is 9.53. The predicted octanol–water partition coefficient (Wildman–Crippen LogP) is 8.31. The van der Waals surface area contributed by atoms with E-state index >= 15 is 0 Å². The van der Waals surface area contributed by atoms with E-state index in [9.17, 15) is 36.3 Å². The molecule has 1 fully saturated rings. The molecule has 0 radical (unpaired) electrons. The molecule has 0 unspecified atom stereocenters. The van der Waals surface area contributed by atoms with E-state index in [0.717, 1.165) is 41.5 Å². The topological polar surface area (TPSA) is 67.8 Å². The SMILES string of the molecule is O=C(NC(F)(F)F)C1(CCCCN2CCC(NN(O)c3ccccc3-c3ccc(C(F)(F)F)cc3)CC2)c2ccccc2-c2ccccc21. The molecule has 3 N–H and O–H groups in total. The molecule has 1 heterocycles. The molecule has 6 rings (SSSR count). The van der Waals surface area contributed by atoms with Crippen LogP contribution in [0.25, 0.3) is 22.3 Å². The van der Waals surface area contributed by atoms with E-state index in [1.807, 2.05) is 24.3 Å². The van der Waals surface area contributed by atoms with Crippen molar-refractivity contribution in [2.24, 2.45) is 0 Å². The molecule has 1 amide bonds. The maximum atomic E-state index is 13.5. The summed E-state index contributed by atoms with van der Waals surface area (Å²) in [6.45, 7) is 2.14. The number of anilines is 1. The summed E-state index contributed by atoms with van der Waals surface area (Å²) in [6.07, 6.45) is -6.47. The van der Waals surface area contributed by atoms with Crippen molar-refractivity contribution in [1.82, 2.24) is 15.6 Å². The van der Waals surface area contributed by atoms with Crippen molar-refractivity contribution in [3.63, 3.8) is 0 Å². The van der Waals surface area contributed by atoms with E-state index in [-0.39, 0.29) is 12.5 Å². The van der Waals surface area contributed by atoms with Gasteiger partial charge in [0.15, 0.2) is 0 Å². The fourth-order valence-electron chi connectivity index (χ4n) is 7.18. The first-order valence-electron chi connectivity index (χ1n) is 16.2. The molecule has 4 aromatic rings. The van der Waals surface area contributed by atoms with Gasteiger partial charge in [0.1, 0.15) is 5.41 Å². The first-order valence-corrected chi connectivity index (χ1v) is 16.2. The molecule has 1 saturated heterocycles. The van der Waals surface area contributed by atoms with Gasteiger partial charge in [-0.15, -0.1) is 0 Å². The highest BCUT2D eigenvalue weighted by atomic mass is 19.4. The monoisotopic (exact) mass is 682 g/mol. The number of carbonyl (C=O) groups is 1. The van der Waals surface area contributed by atoms with Gasteiger partial charge in [0.2, 0.25) is 5.91 Å². The number of piperidine rings is 1. The van der Waals surface area contributed by atoms with Gasteiger partial charge in [-0.05, 0) is 91.3 Å². The van der Waals surface area contributed by atoms with Crippen LogP contribution in [-0.4, -0.2) is 48.0 Å². The summed E-state index contributed by atoms with van der Waals surface area (Å²) in [5.74, 6) is -1.07. The maximum Gasteiger partial charge on any atom is 0.484 e. The summed E-state index contributed by atoms with van der Waals surface area (Å²) in [5.41, 5.74) is 5.10. The van der Waals surface area contributed by atoms with Crippen LogP contribution in [0.3, 0.4) is 0 Å². The largest absolute Gasteiger partial charge is 0.484 e. The maximum absolute atomic E-state index is 13.5. The second-order valence-corrected chi connectivity index (χ2v) is 12.6. The molecule has 4 aromatic carbocycles. The lowest BCUT2D eigenvalue weighted by Gasteiger charge is -2.35. The number of rotatable bonds is 10. The zero-order valence-electron chi connectivity index (χ0n) is 26.5. The number of hydrazine groups is 1. The number of benzene rings is 4. The zero-order chi connectivity index (χ0) is 34.8. The number of halogens is 6. The van der Waals surface area contributed by atoms with Crippen LogP contribution in [0.5, 0.6) is 0 Å². The average Bonchev–Trinajstić information content (AvgIpc) is 3.37. The fraction of sp³-hybridized carbons (Fsp3) is 0.324. The van der Waals surface area contributed by atoms with Crippen LogP contribution in [0.4, 0.5) is 32.0 Å². The first-order chi connectivity index (χ1) is 23.4. The van der Waals surface area contributed by atoms with Crippen molar-refractivity contribution in [3.8, 4) is 22.3 Å². The average molecular weight is 683 g/mol. The lowest BCUT2D eigenvalue weighted by atomic mass is 9.73. The number of hydrogen-bond acceptors (Lipinski definition) is 5. The van der Waals surface area contributed by atoms with E-state index in [0.29, 0.717) is 60.2 Å². The van der Waals surface area contributed by atoms with Gasteiger partial charge in [0.05, 0.1) is 11.3 Å². The van der Waals surface area contributed by atoms with Gasteiger partial charge < -0.3 is 4.90 Å². The van der Waals surface area contributed by atoms with E-state index in [1.54, 1.807) is 48.5 Å². The number of carbonyl (C=O) groups excluding carboxylic acids is 1. The number of fused-ring (bicyclic) bond motifs is 3. The molecule has 1 aliphatic carbocycles. The third kappa shape index (κ3) is 7.31. The Hall–Kier alpha value is -4.39. The van der Waals surface area contributed by atoms with Crippen molar-refractivity contribution in [2.45, 2.75) is 56.0 Å². The molecule has 2 aliphatic rings. The van der Waals surface area contributed by atoms with Gasteiger partial charge in [-0.2, -0.15) is 31.5 Å². The molecule has 0 saturated carbocycles. The lowest BCUT2D eigenvalue weighted by molar-refractivity contribution is -0.172. The summed E-state index contributed by atoms with van der Waals surface area (Å²) < 4.78 is 79.6. The van der Waals surface area contributed by atoms with Gasteiger partial charge in [0.25, 0.3) is 0 Å². The highest BCUT2D eigenvalue weighted by Crippen LogP contribution is 2.52. The molecule has 0 aromatic heterocycles. The number of para-hydroxylation sites is 1. The van der Waals surface area contributed by atoms with Crippen LogP contribution < -0.4 is 15.9 Å². The van der Waals surface area contributed by atoms with E-state index in [1.165, 1.54) is 17.4 Å². The minimum Gasteiger partial charge on any atom is -0.303 e. The number of nitrogens with zero attached hydrogens (tertiary/aromatic N) is 2. The number of nitrogens with one attached hydrogen (secondary N) is 2. The van der Waals surface area contributed by atoms with Crippen molar-refractivity contribution in [3.05, 3.63) is 114 Å². The molecule has 6 nitrogen and oxygen atoms in total. The molecule has 258 valence electrons. The zero-order valence-corrected chi connectivity index (χ0v) is 26.5. The Morgan fingerprint density at radius 1 is 0.776 bits per heavy atom. The quantitative estimate of drug-likeness (QED) is 0.0680. The van der Waals surface area contributed by atoms with Crippen molar-refractivity contribution >= 4 is 11.6 Å². The standard InChI is InChI=1S/C37H36F6N4O2/c38-36(39,40)26-17-15-25(16-18-26)28-9-3-6-14-33(28)47(49)45-27-19-23-46(24-20-27)22-8-7-21-35(34(48)44-37(41,42)43)31-12-4-1-10-29(31)30-11-2-5-13-32(30)35/h1-6,9-18,27,45,49H,7-8,19-24H2,(H,44,48). The number of likely N-dealkylation sites (tertiary alicyclic amines) is 1. The van der Waals surface area contributed by atoms with Crippen LogP contribution in [0.15, 0.2) is 97.1 Å². The Morgan fingerprint density at radius 2 is 1.33 bits per heavy atom. The summed E-state index contributed by atoms with van der Waals surface area (Å²) in [5, 5.41) is 13.2. The van der Waals surface area contributed by atoms with Crippen molar-refractivity contribution in [1.29, 1.82) is 0 Å². The Morgan fingerprint density at radius 3 is 1.90 bits per heavy atom. The molecule has 0 bridgehead atoms. The minimum absolute atomic E-state index is 0.0669. The van der Waals surface area contributed by atoms with E-state index in [4.69, 9.17) is 0 Å². The van der Waals surface area contributed by atoms with Crippen molar-refractivity contribution < 1.29 is 36.3 Å². The van der Waals surface area contributed by atoms with Gasteiger partial charge in [0, 0.05) is 11.6 Å². The van der Waals surface area contributed by atoms with Gasteiger partial charge in [-0.3, -0.25) is 15.3 Å². The molecule has 0 atom stereocenters. The predicted molar refractivity (Wildman–Crippen MR) is 174 cm³/mol. The summed E-state index contributed by atoms with van der Waals surface area (Å²) >= 11 is 0. The first kappa shape index (κ1) is 34.5. The van der Waals surface area contributed by atoms with Crippen LogP contribution >= 0.6 is 0 Å². The highest BCUT2D eigenvalue weighted by Gasteiger charge is 2.51.